The molecule has 0 radical (unpaired) electrons. The minimum absolute atomic E-state index is 0.0570. The Hall–Kier alpha value is -0.770. The van der Waals surface area contributed by atoms with Crippen molar-refractivity contribution in [1.29, 1.82) is 0 Å². The van der Waals surface area contributed by atoms with Crippen molar-refractivity contribution in [3.8, 4) is 0 Å². The lowest BCUT2D eigenvalue weighted by molar-refractivity contribution is -0.148. The minimum atomic E-state index is -0.662. The van der Waals surface area contributed by atoms with E-state index in [4.69, 9.17) is 14.2 Å². The summed E-state index contributed by atoms with van der Waals surface area (Å²) in [5.74, 6) is -0.151. The van der Waals surface area contributed by atoms with Gasteiger partial charge in [0.1, 0.15) is 6.10 Å². The average Bonchev–Trinajstić information content (AvgIpc) is 3.26. The average molecular weight is 270 g/mol. The number of ether oxygens (including phenoxy) is 3. The first-order chi connectivity index (χ1) is 9.22. The van der Waals surface area contributed by atoms with E-state index >= 15 is 0 Å². The SMILES string of the molecule is O=C1C(CC2CO2)N([O-])N(CC2CO2)N1CC1CO1. The number of nitrogens with zero attached hydrogens (tertiary/aromatic N) is 3. The van der Waals surface area contributed by atoms with E-state index in [1.807, 2.05) is 0 Å². The molecular formula is C11H16N3O5-. The molecule has 8 nitrogen and oxygen atoms in total. The van der Waals surface area contributed by atoms with Crippen molar-refractivity contribution in [3.05, 3.63) is 5.21 Å². The highest BCUT2D eigenvalue weighted by Gasteiger charge is 2.46. The quantitative estimate of drug-likeness (QED) is 0.555. The van der Waals surface area contributed by atoms with E-state index in [0.29, 0.717) is 39.3 Å². The van der Waals surface area contributed by atoms with Crippen molar-refractivity contribution in [2.45, 2.75) is 30.8 Å². The van der Waals surface area contributed by atoms with Crippen molar-refractivity contribution in [2.75, 3.05) is 32.9 Å². The van der Waals surface area contributed by atoms with Gasteiger partial charge in [-0.2, -0.15) is 5.12 Å². The molecule has 0 saturated carbocycles. The van der Waals surface area contributed by atoms with E-state index in [0.717, 1.165) is 5.17 Å². The summed E-state index contributed by atoms with van der Waals surface area (Å²) in [6, 6.07) is -0.662. The van der Waals surface area contributed by atoms with Gasteiger partial charge in [-0.3, -0.25) is 15.0 Å². The van der Waals surface area contributed by atoms with Gasteiger partial charge in [-0.25, -0.2) is 0 Å². The zero-order valence-corrected chi connectivity index (χ0v) is 10.4. The number of hydrazine groups is 2. The summed E-state index contributed by atoms with van der Waals surface area (Å²) in [6.45, 7) is 2.85. The van der Waals surface area contributed by atoms with Crippen molar-refractivity contribution in [3.63, 3.8) is 0 Å². The molecule has 4 unspecified atom stereocenters. The molecule has 4 aliphatic rings. The molecule has 1 amide bonds. The molecule has 8 heteroatoms. The molecule has 0 aromatic heterocycles. The molecule has 19 heavy (non-hydrogen) atoms. The molecule has 4 saturated heterocycles. The van der Waals surface area contributed by atoms with E-state index < -0.39 is 6.04 Å². The van der Waals surface area contributed by atoms with Crippen LogP contribution in [-0.2, 0) is 19.0 Å². The van der Waals surface area contributed by atoms with Crippen molar-refractivity contribution in [2.24, 2.45) is 0 Å². The number of epoxide rings is 3. The predicted molar refractivity (Wildman–Crippen MR) is 61.3 cm³/mol. The van der Waals surface area contributed by atoms with Gasteiger partial charge in [0.05, 0.1) is 51.2 Å². The molecule has 4 fully saturated rings. The van der Waals surface area contributed by atoms with Crippen LogP contribution in [0.2, 0.25) is 0 Å². The first kappa shape index (κ1) is 12.0. The van der Waals surface area contributed by atoms with Gasteiger partial charge < -0.3 is 19.4 Å². The number of amides is 1. The number of carbonyl (C=O) groups excluding carboxylic acids is 1. The second-order valence-corrected chi connectivity index (χ2v) is 5.40. The van der Waals surface area contributed by atoms with Crippen LogP contribution in [0.25, 0.3) is 0 Å². The summed E-state index contributed by atoms with van der Waals surface area (Å²) in [5.41, 5.74) is 0. The molecular weight excluding hydrogens is 254 g/mol. The number of hydroxylamine groups is 1. The molecule has 0 spiro atoms. The molecule has 0 N–H and O–H groups in total. The summed E-state index contributed by atoms with van der Waals surface area (Å²) in [4.78, 5) is 12.3. The zero-order chi connectivity index (χ0) is 13.0. The maximum atomic E-state index is 12.3. The number of hydrogen-bond acceptors (Lipinski definition) is 7. The van der Waals surface area contributed by atoms with Crippen LogP contribution in [0.3, 0.4) is 0 Å². The summed E-state index contributed by atoms with van der Waals surface area (Å²) < 4.78 is 15.4. The lowest BCUT2D eigenvalue weighted by Crippen LogP contribution is -2.47. The first-order valence-electron chi connectivity index (χ1n) is 6.62. The molecule has 4 aliphatic heterocycles. The van der Waals surface area contributed by atoms with Crippen LogP contribution < -0.4 is 0 Å². The van der Waals surface area contributed by atoms with E-state index in [1.165, 1.54) is 10.1 Å². The third-order valence-electron chi connectivity index (χ3n) is 3.75. The van der Waals surface area contributed by atoms with Crippen LogP contribution in [0.15, 0.2) is 0 Å². The van der Waals surface area contributed by atoms with Gasteiger partial charge in [-0.1, -0.05) is 0 Å². The fourth-order valence-electron chi connectivity index (χ4n) is 2.38. The third kappa shape index (κ3) is 2.47. The van der Waals surface area contributed by atoms with E-state index in [1.54, 1.807) is 0 Å². The summed E-state index contributed by atoms with van der Waals surface area (Å²) in [6.07, 6.45) is 0.645. The Morgan fingerprint density at radius 1 is 1.05 bits per heavy atom. The lowest BCUT2D eigenvalue weighted by atomic mass is 10.1. The highest BCUT2D eigenvalue weighted by molar-refractivity contribution is 5.83. The van der Waals surface area contributed by atoms with Crippen LogP contribution in [0, 0.1) is 5.21 Å². The normalized spacial score (nSPS) is 41.9. The maximum absolute atomic E-state index is 12.3. The highest BCUT2D eigenvalue weighted by atomic mass is 16.6. The van der Waals surface area contributed by atoms with Gasteiger partial charge in [0.15, 0.2) is 0 Å². The van der Waals surface area contributed by atoms with Crippen LogP contribution in [0.1, 0.15) is 6.42 Å². The summed E-state index contributed by atoms with van der Waals surface area (Å²) in [7, 11) is 0. The number of hydrogen-bond donors (Lipinski definition) is 0. The van der Waals surface area contributed by atoms with Gasteiger partial charge in [0.2, 0.25) is 0 Å². The van der Waals surface area contributed by atoms with Gasteiger partial charge in [0, 0.05) is 6.42 Å². The van der Waals surface area contributed by atoms with Gasteiger partial charge in [0.25, 0.3) is 5.91 Å². The van der Waals surface area contributed by atoms with E-state index in [-0.39, 0.29) is 24.2 Å². The molecule has 0 bridgehead atoms. The summed E-state index contributed by atoms with van der Waals surface area (Å²) in [5, 5.41) is 16.0. The molecule has 0 aliphatic carbocycles. The topological polar surface area (TPSA) is 87.4 Å². The van der Waals surface area contributed by atoms with Crippen molar-refractivity contribution < 1.29 is 19.0 Å². The maximum Gasteiger partial charge on any atom is 0.255 e. The largest absolute Gasteiger partial charge is 0.770 e. The Labute approximate surface area is 110 Å². The monoisotopic (exact) mass is 270 g/mol. The molecule has 106 valence electrons. The molecule has 4 atom stereocenters. The Bertz CT molecular complexity index is 383. The van der Waals surface area contributed by atoms with Crippen molar-refractivity contribution >= 4 is 5.91 Å². The van der Waals surface area contributed by atoms with Crippen LogP contribution in [-0.4, -0.2) is 78.5 Å². The lowest BCUT2D eigenvalue weighted by Gasteiger charge is -2.38. The molecule has 4 heterocycles. The van der Waals surface area contributed by atoms with Crippen LogP contribution >= 0.6 is 0 Å². The van der Waals surface area contributed by atoms with Crippen LogP contribution in [0.5, 0.6) is 0 Å². The first-order valence-corrected chi connectivity index (χ1v) is 6.62. The fourth-order valence-corrected chi connectivity index (χ4v) is 2.38. The highest BCUT2D eigenvalue weighted by Crippen LogP contribution is 2.30. The fraction of sp³-hybridized carbons (Fsp3) is 0.909. The third-order valence-corrected chi connectivity index (χ3v) is 3.75. The van der Waals surface area contributed by atoms with Crippen LogP contribution in [0.4, 0.5) is 0 Å². The Morgan fingerprint density at radius 3 is 2.21 bits per heavy atom. The van der Waals surface area contributed by atoms with Gasteiger partial charge in [-0.15, -0.1) is 0 Å². The smallest absolute Gasteiger partial charge is 0.255 e. The second kappa shape index (κ2) is 4.37. The Balaban J connectivity index is 1.48. The molecule has 4 rings (SSSR count). The summed E-state index contributed by atoms with van der Waals surface area (Å²) >= 11 is 0. The van der Waals surface area contributed by atoms with Gasteiger partial charge in [-0.05, 0) is 0 Å². The predicted octanol–water partition coefficient (Wildman–Crippen LogP) is -1.28. The molecule has 0 aromatic rings. The van der Waals surface area contributed by atoms with E-state index in [9.17, 15) is 10.0 Å². The van der Waals surface area contributed by atoms with E-state index in [2.05, 4.69) is 0 Å². The molecule has 0 aromatic carbocycles. The standard InChI is InChI=1S/C11H16N3O5/c15-11-10(1-7-4-17-7)14(16)13(3-9-6-19-9)12(11)2-8-5-18-8/h7-10H,1-6H2/q-1. The Morgan fingerprint density at radius 2 is 1.63 bits per heavy atom. The van der Waals surface area contributed by atoms with Gasteiger partial charge >= 0.3 is 0 Å². The minimum Gasteiger partial charge on any atom is -0.770 e. The zero-order valence-electron chi connectivity index (χ0n) is 10.4. The Kier molecular flexibility index (Phi) is 2.76. The second-order valence-electron chi connectivity index (χ2n) is 5.40. The van der Waals surface area contributed by atoms with Crippen molar-refractivity contribution in [1.82, 2.24) is 15.3 Å². The number of rotatable bonds is 6. The number of carbonyl (C=O) groups is 1.